The van der Waals surface area contributed by atoms with Crippen LogP contribution in [0.1, 0.15) is 11.3 Å². The van der Waals surface area contributed by atoms with E-state index in [0.29, 0.717) is 17.4 Å². The van der Waals surface area contributed by atoms with Crippen molar-refractivity contribution >= 4 is 33.0 Å². The number of nitrogens with two attached hydrogens (primary N) is 1. The second kappa shape index (κ2) is 6.89. The van der Waals surface area contributed by atoms with E-state index in [1.54, 1.807) is 17.8 Å². The van der Waals surface area contributed by atoms with Gasteiger partial charge in [0.25, 0.3) is 0 Å². The zero-order chi connectivity index (χ0) is 15.5. The van der Waals surface area contributed by atoms with Crippen molar-refractivity contribution in [3.8, 4) is 0 Å². The van der Waals surface area contributed by atoms with Gasteiger partial charge in [-0.25, -0.2) is 8.42 Å². The van der Waals surface area contributed by atoms with Crippen LogP contribution in [0.25, 0.3) is 0 Å². The summed E-state index contributed by atoms with van der Waals surface area (Å²) in [6, 6.07) is 3.58. The molecule has 2 N–H and O–H groups in total. The summed E-state index contributed by atoms with van der Waals surface area (Å²) in [5.74, 6) is 0. The van der Waals surface area contributed by atoms with Crippen molar-refractivity contribution in [3.05, 3.63) is 33.7 Å². The maximum Gasteiger partial charge on any atom is 0.246 e. The molecular weight excluding hydrogens is 332 g/mol. The largest absolute Gasteiger partial charge is 0.330 e. The SMILES string of the molecule is CN(Cc1ccc(Cl)s1)S(=O)(=O)c1cnn(CCCN)c1. The predicted octanol–water partition coefficient (Wildman–Crippen LogP) is 1.77. The van der Waals surface area contributed by atoms with Gasteiger partial charge >= 0.3 is 0 Å². The minimum absolute atomic E-state index is 0.185. The van der Waals surface area contributed by atoms with E-state index in [9.17, 15) is 8.42 Å². The highest BCUT2D eigenvalue weighted by molar-refractivity contribution is 7.89. The second-order valence-electron chi connectivity index (χ2n) is 4.55. The van der Waals surface area contributed by atoms with E-state index in [0.717, 1.165) is 11.3 Å². The molecule has 2 aromatic rings. The Morgan fingerprint density at radius 1 is 1.48 bits per heavy atom. The summed E-state index contributed by atoms with van der Waals surface area (Å²) < 4.78 is 28.4. The van der Waals surface area contributed by atoms with Crippen molar-refractivity contribution in [2.24, 2.45) is 5.73 Å². The first-order valence-electron chi connectivity index (χ1n) is 6.36. The Hall–Kier alpha value is -0.930. The molecule has 0 aromatic carbocycles. The smallest absolute Gasteiger partial charge is 0.246 e. The number of aromatic nitrogens is 2. The molecule has 0 unspecified atom stereocenters. The average Bonchev–Trinajstić information content (AvgIpc) is 3.06. The van der Waals surface area contributed by atoms with Gasteiger partial charge in [-0.1, -0.05) is 11.6 Å². The summed E-state index contributed by atoms with van der Waals surface area (Å²) in [5, 5.41) is 4.05. The van der Waals surface area contributed by atoms with Gasteiger partial charge in [-0.3, -0.25) is 4.68 Å². The molecule has 0 aliphatic heterocycles. The molecule has 0 saturated carbocycles. The lowest BCUT2D eigenvalue weighted by molar-refractivity contribution is 0.469. The molecule has 9 heteroatoms. The predicted molar refractivity (Wildman–Crippen MR) is 83.9 cm³/mol. The summed E-state index contributed by atoms with van der Waals surface area (Å²) in [6.07, 6.45) is 3.65. The van der Waals surface area contributed by atoms with Gasteiger partial charge in [0.05, 0.1) is 10.5 Å². The number of hydrogen-bond acceptors (Lipinski definition) is 5. The van der Waals surface area contributed by atoms with E-state index in [-0.39, 0.29) is 11.4 Å². The molecule has 0 radical (unpaired) electrons. The minimum atomic E-state index is -3.55. The van der Waals surface area contributed by atoms with E-state index in [4.69, 9.17) is 17.3 Å². The van der Waals surface area contributed by atoms with Crippen LogP contribution in [-0.4, -0.2) is 36.1 Å². The first-order valence-corrected chi connectivity index (χ1v) is 9.00. The Balaban J connectivity index is 2.11. The van der Waals surface area contributed by atoms with Gasteiger partial charge in [0.15, 0.2) is 0 Å². The molecule has 0 atom stereocenters. The molecule has 0 fully saturated rings. The molecule has 0 spiro atoms. The maximum absolute atomic E-state index is 12.4. The molecular formula is C12H17ClN4O2S2. The van der Waals surface area contributed by atoms with Crippen LogP contribution in [-0.2, 0) is 23.1 Å². The Labute approximate surface area is 133 Å². The summed E-state index contributed by atoms with van der Waals surface area (Å²) in [4.78, 5) is 1.08. The van der Waals surface area contributed by atoms with Crippen molar-refractivity contribution in [3.63, 3.8) is 0 Å². The second-order valence-corrected chi connectivity index (χ2v) is 8.39. The molecule has 2 aromatic heterocycles. The molecule has 21 heavy (non-hydrogen) atoms. The number of halogens is 1. The van der Waals surface area contributed by atoms with Crippen molar-refractivity contribution in [1.82, 2.24) is 14.1 Å². The fourth-order valence-electron chi connectivity index (χ4n) is 1.77. The molecule has 0 aliphatic carbocycles. The van der Waals surface area contributed by atoms with Gasteiger partial charge in [0.2, 0.25) is 10.0 Å². The quantitative estimate of drug-likeness (QED) is 0.826. The lowest BCUT2D eigenvalue weighted by Crippen LogP contribution is -2.25. The monoisotopic (exact) mass is 348 g/mol. The molecule has 0 amide bonds. The number of nitrogens with zero attached hydrogens (tertiary/aromatic N) is 3. The normalized spacial score (nSPS) is 12.2. The Morgan fingerprint density at radius 3 is 2.86 bits per heavy atom. The van der Waals surface area contributed by atoms with E-state index in [2.05, 4.69) is 5.10 Å². The van der Waals surface area contributed by atoms with Crippen molar-refractivity contribution in [2.45, 2.75) is 24.4 Å². The third-order valence-electron chi connectivity index (χ3n) is 2.92. The van der Waals surface area contributed by atoms with Gasteiger partial charge in [0.1, 0.15) is 4.90 Å². The fraction of sp³-hybridized carbons (Fsp3) is 0.417. The standard InChI is InChI=1S/C12H17ClN4O2S2/c1-16(8-10-3-4-12(13)20-10)21(18,19)11-7-15-17(9-11)6-2-5-14/h3-4,7,9H,2,5-6,8,14H2,1H3. The third-order valence-corrected chi connectivity index (χ3v) is 5.89. The first kappa shape index (κ1) is 16.4. The summed E-state index contributed by atoms with van der Waals surface area (Å²) in [6.45, 7) is 1.44. The average molecular weight is 349 g/mol. The van der Waals surface area contributed by atoms with Crippen LogP contribution in [0.15, 0.2) is 29.4 Å². The first-order chi connectivity index (χ1) is 9.93. The van der Waals surface area contributed by atoms with Crippen LogP contribution >= 0.6 is 22.9 Å². The van der Waals surface area contributed by atoms with Crippen molar-refractivity contribution in [2.75, 3.05) is 13.6 Å². The highest BCUT2D eigenvalue weighted by Crippen LogP contribution is 2.24. The maximum atomic E-state index is 12.4. The Morgan fingerprint density at radius 2 is 2.24 bits per heavy atom. The summed E-state index contributed by atoms with van der Waals surface area (Å²) in [7, 11) is -2.01. The molecule has 6 nitrogen and oxygen atoms in total. The van der Waals surface area contributed by atoms with E-state index < -0.39 is 10.0 Å². The molecule has 0 bridgehead atoms. The zero-order valence-corrected chi connectivity index (χ0v) is 14.0. The highest BCUT2D eigenvalue weighted by Gasteiger charge is 2.23. The highest BCUT2D eigenvalue weighted by atomic mass is 35.5. The van der Waals surface area contributed by atoms with Crippen LogP contribution in [0.4, 0.5) is 0 Å². The molecule has 0 aliphatic rings. The van der Waals surface area contributed by atoms with Crippen LogP contribution < -0.4 is 5.73 Å². The Kier molecular flexibility index (Phi) is 5.39. The number of hydrogen-bond donors (Lipinski definition) is 1. The van der Waals surface area contributed by atoms with Crippen LogP contribution in [0.3, 0.4) is 0 Å². The number of aryl methyl sites for hydroxylation is 1. The Bertz CT molecular complexity index is 696. The molecule has 0 saturated heterocycles. The summed E-state index contributed by atoms with van der Waals surface area (Å²) in [5.41, 5.74) is 5.43. The molecule has 2 rings (SSSR count). The number of thiophene rings is 1. The van der Waals surface area contributed by atoms with Gasteiger partial charge in [-0.05, 0) is 25.1 Å². The van der Waals surface area contributed by atoms with Gasteiger partial charge in [0, 0.05) is 31.2 Å². The van der Waals surface area contributed by atoms with Crippen molar-refractivity contribution in [1.29, 1.82) is 0 Å². The summed E-state index contributed by atoms with van der Waals surface area (Å²) >= 11 is 7.22. The van der Waals surface area contributed by atoms with Crippen LogP contribution in [0.5, 0.6) is 0 Å². The topological polar surface area (TPSA) is 81.2 Å². The van der Waals surface area contributed by atoms with E-state index in [1.807, 2.05) is 6.07 Å². The lowest BCUT2D eigenvalue weighted by Gasteiger charge is -2.14. The third kappa shape index (κ3) is 4.04. The van der Waals surface area contributed by atoms with Gasteiger partial charge in [-0.2, -0.15) is 9.40 Å². The fourth-order valence-corrected chi connectivity index (χ4v) is 4.10. The van der Waals surface area contributed by atoms with Gasteiger partial charge in [-0.15, -0.1) is 11.3 Å². The lowest BCUT2D eigenvalue weighted by atomic mass is 10.4. The zero-order valence-electron chi connectivity index (χ0n) is 11.6. The molecule has 116 valence electrons. The van der Waals surface area contributed by atoms with Gasteiger partial charge < -0.3 is 5.73 Å². The van der Waals surface area contributed by atoms with Crippen LogP contribution in [0, 0.1) is 0 Å². The van der Waals surface area contributed by atoms with E-state index in [1.165, 1.54) is 28.0 Å². The van der Waals surface area contributed by atoms with Crippen molar-refractivity contribution < 1.29 is 8.42 Å². The van der Waals surface area contributed by atoms with Crippen LogP contribution in [0.2, 0.25) is 4.34 Å². The molecule has 2 heterocycles. The number of sulfonamides is 1. The van der Waals surface area contributed by atoms with E-state index >= 15 is 0 Å². The minimum Gasteiger partial charge on any atom is -0.330 e. The number of rotatable bonds is 7.